The zero-order chi connectivity index (χ0) is 22.0. The van der Waals surface area contributed by atoms with E-state index in [1.54, 1.807) is 18.2 Å². The number of unbranched alkanes of at least 4 members (excludes halogenated alkanes) is 1. The fourth-order valence-corrected chi connectivity index (χ4v) is 4.57. The van der Waals surface area contributed by atoms with E-state index in [0.29, 0.717) is 24.6 Å². The third kappa shape index (κ3) is 5.62. The second-order valence-electron chi connectivity index (χ2n) is 8.62. The summed E-state index contributed by atoms with van der Waals surface area (Å²) in [5.74, 6) is 1.07. The molecule has 1 saturated carbocycles. The first-order chi connectivity index (χ1) is 14.8. The minimum Gasteiger partial charge on any atom is -0.352 e. The highest BCUT2D eigenvalue weighted by Gasteiger charge is 2.26. The van der Waals surface area contributed by atoms with Crippen LogP contribution in [0.25, 0.3) is 11.0 Å². The van der Waals surface area contributed by atoms with Crippen LogP contribution in [-0.2, 0) is 27.9 Å². The van der Waals surface area contributed by atoms with Gasteiger partial charge in [0.2, 0.25) is 15.9 Å². The lowest BCUT2D eigenvalue weighted by atomic mass is 10.3. The number of rotatable bonds is 9. The number of nitrogens with zero attached hydrogens (tertiary/aromatic N) is 4. The van der Waals surface area contributed by atoms with Gasteiger partial charge >= 0.3 is 0 Å². The fraction of sp³-hybridized carbons (Fsp3) is 0.619. The summed E-state index contributed by atoms with van der Waals surface area (Å²) in [7, 11) is -3.76. The van der Waals surface area contributed by atoms with Crippen LogP contribution < -0.4 is 10.5 Å². The topological polar surface area (TPSA) is 114 Å². The number of benzene rings is 1. The molecule has 1 aliphatic carbocycles. The van der Waals surface area contributed by atoms with Gasteiger partial charge in [-0.3, -0.25) is 14.6 Å². The van der Waals surface area contributed by atoms with E-state index in [2.05, 4.69) is 26.6 Å². The molecular formula is C21H32N6O3S. The van der Waals surface area contributed by atoms with Gasteiger partial charge in [0.1, 0.15) is 5.82 Å². The Morgan fingerprint density at radius 2 is 1.90 bits per heavy atom. The summed E-state index contributed by atoms with van der Waals surface area (Å²) in [6.07, 6.45) is 4.31. The van der Waals surface area contributed by atoms with Crippen molar-refractivity contribution >= 4 is 27.0 Å². The molecule has 10 heteroatoms. The third-order valence-corrected chi connectivity index (χ3v) is 6.91. The third-order valence-electron chi connectivity index (χ3n) is 6.00. The Hall–Kier alpha value is -2.01. The van der Waals surface area contributed by atoms with Gasteiger partial charge in [0.05, 0.1) is 29.0 Å². The van der Waals surface area contributed by atoms with Gasteiger partial charge in [-0.1, -0.05) is 13.3 Å². The van der Waals surface area contributed by atoms with E-state index < -0.39 is 10.0 Å². The van der Waals surface area contributed by atoms with E-state index in [1.165, 1.54) is 0 Å². The molecule has 1 amide bonds. The van der Waals surface area contributed by atoms with Gasteiger partial charge < -0.3 is 9.88 Å². The maximum atomic E-state index is 12.0. The highest BCUT2D eigenvalue weighted by atomic mass is 32.2. The molecule has 31 heavy (non-hydrogen) atoms. The van der Waals surface area contributed by atoms with Crippen LogP contribution in [0.4, 0.5) is 0 Å². The molecule has 0 spiro atoms. The molecular weight excluding hydrogens is 416 g/mol. The van der Waals surface area contributed by atoms with E-state index in [4.69, 9.17) is 10.1 Å². The summed E-state index contributed by atoms with van der Waals surface area (Å²) in [6.45, 7) is 7.60. The molecule has 4 rings (SSSR count). The Bertz CT molecular complexity index is 1040. The van der Waals surface area contributed by atoms with Gasteiger partial charge in [0.15, 0.2) is 0 Å². The number of fused-ring (bicyclic) bond motifs is 1. The van der Waals surface area contributed by atoms with Crippen molar-refractivity contribution in [2.45, 2.75) is 56.6 Å². The summed E-state index contributed by atoms with van der Waals surface area (Å²) in [5, 5.41) is 8.35. The first kappa shape index (κ1) is 22.2. The van der Waals surface area contributed by atoms with Crippen LogP contribution >= 0.6 is 0 Å². The zero-order valence-corrected chi connectivity index (χ0v) is 18.9. The number of piperazine rings is 1. The first-order valence-electron chi connectivity index (χ1n) is 11.1. The van der Waals surface area contributed by atoms with Crippen molar-refractivity contribution in [1.82, 2.24) is 24.7 Å². The summed E-state index contributed by atoms with van der Waals surface area (Å²) in [5.41, 5.74) is 1.60. The number of aryl methyl sites for hydroxylation is 1. The molecule has 1 aliphatic heterocycles. The summed E-state index contributed by atoms with van der Waals surface area (Å²) >= 11 is 0. The van der Waals surface area contributed by atoms with Gasteiger partial charge in [-0.05, 0) is 37.5 Å². The van der Waals surface area contributed by atoms with Crippen LogP contribution in [0.1, 0.15) is 38.4 Å². The second kappa shape index (κ2) is 9.23. The Morgan fingerprint density at radius 3 is 2.55 bits per heavy atom. The van der Waals surface area contributed by atoms with Crippen molar-refractivity contribution in [3.63, 3.8) is 0 Å². The Kier molecular flexibility index (Phi) is 6.61. The molecule has 1 aromatic carbocycles. The van der Waals surface area contributed by atoms with Gasteiger partial charge in [-0.2, -0.15) is 0 Å². The molecule has 0 unspecified atom stereocenters. The Morgan fingerprint density at radius 1 is 1.19 bits per heavy atom. The number of aromatic nitrogens is 2. The van der Waals surface area contributed by atoms with Crippen molar-refractivity contribution in [2.75, 3.05) is 32.7 Å². The normalized spacial score (nSPS) is 18.5. The SMILES string of the molecule is CCCCn1c(CN2CCN(CC(=O)NC3CC3)CC2)nc2cc(S(N)(=O)=O)ccc21. The molecule has 1 saturated heterocycles. The number of nitrogens with one attached hydrogen (secondary N) is 1. The molecule has 2 aromatic rings. The number of nitrogens with two attached hydrogens (primary N) is 1. The standard InChI is InChI=1S/C21H32N6O3S/c1-2-3-8-27-19-7-6-17(31(22,29)30)13-18(19)24-20(27)14-25-9-11-26(12-10-25)15-21(28)23-16-4-5-16/h6-7,13,16H,2-5,8-12,14-15H2,1H3,(H,23,28)(H2,22,29,30). The number of carbonyl (C=O) groups is 1. The zero-order valence-electron chi connectivity index (χ0n) is 18.1. The van der Waals surface area contributed by atoms with E-state index in [9.17, 15) is 13.2 Å². The molecule has 0 radical (unpaired) electrons. The highest BCUT2D eigenvalue weighted by Crippen LogP contribution is 2.22. The van der Waals surface area contributed by atoms with Crippen molar-refractivity contribution in [1.29, 1.82) is 0 Å². The van der Waals surface area contributed by atoms with Crippen LogP contribution in [0.5, 0.6) is 0 Å². The summed E-state index contributed by atoms with van der Waals surface area (Å²) in [4.78, 5) is 21.4. The Balaban J connectivity index is 1.43. The van der Waals surface area contributed by atoms with Crippen LogP contribution in [0.3, 0.4) is 0 Å². The van der Waals surface area contributed by atoms with Gasteiger partial charge in [0, 0.05) is 38.8 Å². The Labute approximate surface area is 183 Å². The summed E-state index contributed by atoms with van der Waals surface area (Å²) in [6, 6.07) is 5.32. The minimum absolute atomic E-state index is 0.0878. The number of amides is 1. The molecule has 0 bridgehead atoms. The number of hydrogen-bond acceptors (Lipinski definition) is 6. The van der Waals surface area contributed by atoms with Gasteiger partial charge in [-0.15, -0.1) is 0 Å². The number of sulfonamides is 1. The highest BCUT2D eigenvalue weighted by molar-refractivity contribution is 7.89. The molecule has 1 aromatic heterocycles. The van der Waals surface area contributed by atoms with E-state index in [0.717, 1.165) is 69.7 Å². The maximum Gasteiger partial charge on any atom is 0.238 e. The molecule has 2 heterocycles. The quantitative estimate of drug-likeness (QED) is 0.589. The smallest absolute Gasteiger partial charge is 0.238 e. The lowest BCUT2D eigenvalue weighted by Crippen LogP contribution is -2.49. The maximum absolute atomic E-state index is 12.0. The van der Waals surface area contributed by atoms with Crippen LogP contribution in [0.2, 0.25) is 0 Å². The predicted molar refractivity (Wildman–Crippen MR) is 119 cm³/mol. The average Bonchev–Trinajstić information content (AvgIpc) is 3.46. The second-order valence-corrected chi connectivity index (χ2v) is 10.2. The van der Waals surface area contributed by atoms with Crippen molar-refractivity contribution in [2.24, 2.45) is 5.14 Å². The van der Waals surface area contributed by atoms with E-state index in [-0.39, 0.29) is 10.8 Å². The predicted octanol–water partition coefficient (Wildman–Crippen LogP) is 0.880. The molecule has 3 N–H and O–H groups in total. The van der Waals surface area contributed by atoms with Crippen LogP contribution in [0, 0.1) is 0 Å². The summed E-state index contributed by atoms with van der Waals surface area (Å²) < 4.78 is 25.7. The van der Waals surface area contributed by atoms with Crippen molar-refractivity contribution < 1.29 is 13.2 Å². The minimum atomic E-state index is -3.76. The molecule has 2 aliphatic rings. The number of primary sulfonamides is 1. The van der Waals surface area contributed by atoms with Crippen molar-refractivity contribution in [3.05, 3.63) is 24.0 Å². The first-order valence-corrected chi connectivity index (χ1v) is 12.6. The molecule has 0 atom stereocenters. The van der Waals surface area contributed by atoms with Gasteiger partial charge in [0.25, 0.3) is 0 Å². The lowest BCUT2D eigenvalue weighted by Gasteiger charge is -2.34. The largest absolute Gasteiger partial charge is 0.352 e. The molecule has 2 fully saturated rings. The average molecular weight is 449 g/mol. The number of imidazole rings is 1. The van der Waals surface area contributed by atoms with E-state index in [1.807, 2.05) is 0 Å². The number of hydrogen-bond donors (Lipinski definition) is 2. The van der Waals surface area contributed by atoms with Gasteiger partial charge in [-0.25, -0.2) is 18.5 Å². The van der Waals surface area contributed by atoms with E-state index >= 15 is 0 Å². The van der Waals surface area contributed by atoms with Crippen LogP contribution in [0.15, 0.2) is 23.1 Å². The lowest BCUT2D eigenvalue weighted by molar-refractivity contribution is -0.122. The monoisotopic (exact) mass is 448 g/mol. The van der Waals surface area contributed by atoms with Crippen LogP contribution in [-0.4, -0.2) is 72.4 Å². The molecule has 9 nitrogen and oxygen atoms in total. The fourth-order valence-electron chi connectivity index (χ4n) is 4.03. The van der Waals surface area contributed by atoms with Crippen molar-refractivity contribution in [3.8, 4) is 0 Å². The molecule has 170 valence electrons. The number of carbonyl (C=O) groups excluding carboxylic acids is 1.